The summed E-state index contributed by atoms with van der Waals surface area (Å²) < 4.78 is 0. The number of carboxylic acid groups (broad SMARTS) is 1. The first-order valence-electron chi connectivity index (χ1n) is 6.13. The minimum Gasteiger partial charge on any atom is -0.479 e. The van der Waals surface area contributed by atoms with E-state index in [1.54, 1.807) is 30.3 Å². The molecule has 1 unspecified atom stereocenters. The van der Waals surface area contributed by atoms with Gasteiger partial charge in [0, 0.05) is 18.4 Å². The number of rotatable bonds is 7. The van der Waals surface area contributed by atoms with Crippen molar-refractivity contribution in [1.82, 2.24) is 5.32 Å². The molecule has 108 valence electrons. The Balaban J connectivity index is 2.37. The second-order valence-corrected chi connectivity index (χ2v) is 4.64. The number of Topliss-reactive ketones (excluding diaryl/α,β-unsaturated/α-hetero) is 1. The molecule has 6 nitrogen and oxygen atoms in total. The Morgan fingerprint density at radius 2 is 1.75 bits per heavy atom. The first-order chi connectivity index (χ1) is 9.33. The van der Waals surface area contributed by atoms with Gasteiger partial charge in [0.25, 0.3) is 0 Å². The molecule has 3 N–H and O–H groups in total. The Bertz CT molecular complexity index is 496. The maximum Gasteiger partial charge on any atom is 0.337 e. The molecule has 0 bridgehead atoms. The summed E-state index contributed by atoms with van der Waals surface area (Å²) in [7, 11) is 0. The predicted octanol–water partition coefficient (Wildman–Crippen LogP) is 0.601. The molecule has 0 aliphatic rings. The number of amides is 1. The molecule has 0 spiro atoms. The van der Waals surface area contributed by atoms with Crippen molar-refractivity contribution in [1.29, 1.82) is 0 Å². The highest BCUT2D eigenvalue weighted by Gasteiger charge is 2.30. The van der Waals surface area contributed by atoms with Crippen molar-refractivity contribution >= 4 is 17.7 Å². The summed E-state index contributed by atoms with van der Waals surface area (Å²) in [4.78, 5) is 33.8. The Hall–Kier alpha value is -2.21. The van der Waals surface area contributed by atoms with Crippen molar-refractivity contribution < 1.29 is 24.6 Å². The summed E-state index contributed by atoms with van der Waals surface area (Å²) in [5, 5.41) is 20.4. The van der Waals surface area contributed by atoms with E-state index in [9.17, 15) is 19.5 Å². The number of hydrogen-bond donors (Lipinski definition) is 3. The van der Waals surface area contributed by atoms with E-state index in [1.165, 1.54) is 0 Å². The zero-order valence-corrected chi connectivity index (χ0v) is 11.1. The second kappa shape index (κ2) is 6.81. The quantitative estimate of drug-likeness (QED) is 0.634. The third kappa shape index (κ3) is 4.81. The smallest absolute Gasteiger partial charge is 0.337 e. The van der Waals surface area contributed by atoms with E-state index >= 15 is 0 Å². The molecule has 1 aromatic carbocycles. The molecule has 0 aliphatic carbocycles. The summed E-state index contributed by atoms with van der Waals surface area (Å²) >= 11 is 0. The van der Waals surface area contributed by atoms with Gasteiger partial charge in [0.15, 0.2) is 11.4 Å². The Morgan fingerprint density at radius 1 is 1.15 bits per heavy atom. The van der Waals surface area contributed by atoms with E-state index in [4.69, 9.17) is 5.11 Å². The van der Waals surface area contributed by atoms with E-state index in [1.807, 2.05) is 0 Å². The summed E-state index contributed by atoms with van der Waals surface area (Å²) in [6.07, 6.45) is -0.0194. The van der Waals surface area contributed by atoms with Crippen LogP contribution >= 0.6 is 0 Å². The average molecular weight is 279 g/mol. The maximum atomic E-state index is 11.7. The van der Waals surface area contributed by atoms with Crippen molar-refractivity contribution in [2.75, 3.05) is 6.54 Å². The average Bonchev–Trinajstić information content (AvgIpc) is 2.43. The molecule has 6 heteroatoms. The highest BCUT2D eigenvalue weighted by Crippen LogP contribution is 2.05. The van der Waals surface area contributed by atoms with Crippen LogP contribution in [0.25, 0.3) is 0 Å². The number of carbonyl (C=O) groups is 3. The van der Waals surface area contributed by atoms with Crippen LogP contribution < -0.4 is 5.32 Å². The van der Waals surface area contributed by atoms with Crippen LogP contribution in [0.3, 0.4) is 0 Å². The van der Waals surface area contributed by atoms with Crippen molar-refractivity contribution in [3.63, 3.8) is 0 Å². The standard InChI is InChI=1S/C14H17NO5/c1-14(20,13(18)19)9-15-12(17)8-7-11(16)10-5-3-2-4-6-10/h2-6,20H,7-9H2,1H3,(H,15,17)(H,18,19). The number of carboxylic acids is 1. The van der Waals surface area contributed by atoms with Crippen LogP contribution in [-0.4, -0.2) is 40.0 Å². The number of benzene rings is 1. The fraction of sp³-hybridized carbons (Fsp3) is 0.357. The normalized spacial score (nSPS) is 13.3. The fourth-order valence-corrected chi connectivity index (χ4v) is 1.43. The third-order valence-electron chi connectivity index (χ3n) is 2.77. The van der Waals surface area contributed by atoms with Gasteiger partial charge in [-0.05, 0) is 6.92 Å². The molecule has 0 saturated carbocycles. The van der Waals surface area contributed by atoms with Crippen molar-refractivity contribution in [2.45, 2.75) is 25.4 Å². The Kier molecular flexibility index (Phi) is 5.40. The maximum absolute atomic E-state index is 11.7. The molecular weight excluding hydrogens is 262 g/mol. The molecule has 0 radical (unpaired) electrons. The van der Waals surface area contributed by atoms with Gasteiger partial charge < -0.3 is 15.5 Å². The van der Waals surface area contributed by atoms with Gasteiger partial charge >= 0.3 is 5.97 Å². The molecule has 1 aromatic rings. The van der Waals surface area contributed by atoms with E-state index in [-0.39, 0.29) is 18.6 Å². The largest absolute Gasteiger partial charge is 0.479 e. The fourth-order valence-electron chi connectivity index (χ4n) is 1.43. The molecule has 0 aliphatic heterocycles. The van der Waals surface area contributed by atoms with Gasteiger partial charge in [-0.15, -0.1) is 0 Å². The van der Waals surface area contributed by atoms with Crippen LogP contribution in [0.5, 0.6) is 0 Å². The summed E-state index contributed by atoms with van der Waals surface area (Å²) in [6.45, 7) is 0.686. The lowest BCUT2D eigenvalue weighted by Gasteiger charge is -2.18. The lowest BCUT2D eigenvalue weighted by molar-refractivity contribution is -0.156. The first-order valence-corrected chi connectivity index (χ1v) is 6.13. The highest BCUT2D eigenvalue weighted by atomic mass is 16.4. The molecule has 0 heterocycles. The van der Waals surface area contributed by atoms with Gasteiger partial charge in [0.2, 0.25) is 5.91 Å². The minimum absolute atomic E-state index is 0.0328. The zero-order valence-electron chi connectivity index (χ0n) is 11.1. The summed E-state index contributed by atoms with van der Waals surface area (Å²) in [5.41, 5.74) is -1.49. The lowest BCUT2D eigenvalue weighted by atomic mass is 10.1. The number of hydrogen-bond acceptors (Lipinski definition) is 4. The molecule has 0 fully saturated rings. The first kappa shape index (κ1) is 15.8. The van der Waals surface area contributed by atoms with E-state index in [2.05, 4.69) is 5.32 Å². The molecule has 20 heavy (non-hydrogen) atoms. The molecular formula is C14H17NO5. The minimum atomic E-state index is -2.01. The topological polar surface area (TPSA) is 104 Å². The van der Waals surface area contributed by atoms with Crippen molar-refractivity contribution in [2.24, 2.45) is 0 Å². The SMILES string of the molecule is CC(O)(CNC(=O)CCC(=O)c1ccccc1)C(=O)O. The summed E-state index contributed by atoms with van der Waals surface area (Å²) in [5.74, 6) is -2.06. The number of nitrogens with one attached hydrogen (secondary N) is 1. The molecule has 1 amide bonds. The second-order valence-electron chi connectivity index (χ2n) is 4.64. The van der Waals surface area contributed by atoms with Gasteiger partial charge in [-0.3, -0.25) is 9.59 Å². The number of ketones is 1. The van der Waals surface area contributed by atoms with Gasteiger partial charge in [-0.2, -0.15) is 0 Å². The number of aliphatic carboxylic acids is 1. The third-order valence-corrected chi connectivity index (χ3v) is 2.77. The highest BCUT2D eigenvalue weighted by molar-refractivity contribution is 5.97. The van der Waals surface area contributed by atoms with Crippen LogP contribution in [0.15, 0.2) is 30.3 Å². The number of carbonyl (C=O) groups excluding carboxylic acids is 2. The molecule has 0 aromatic heterocycles. The van der Waals surface area contributed by atoms with E-state index in [0.717, 1.165) is 6.92 Å². The van der Waals surface area contributed by atoms with Crippen molar-refractivity contribution in [3.05, 3.63) is 35.9 Å². The Morgan fingerprint density at radius 3 is 2.30 bits per heavy atom. The monoisotopic (exact) mass is 279 g/mol. The predicted molar refractivity (Wildman–Crippen MR) is 71.3 cm³/mol. The Labute approximate surface area is 116 Å². The van der Waals surface area contributed by atoms with Crippen LogP contribution in [0.2, 0.25) is 0 Å². The molecule has 1 atom stereocenters. The van der Waals surface area contributed by atoms with E-state index < -0.39 is 24.0 Å². The van der Waals surface area contributed by atoms with Crippen LogP contribution in [0, 0.1) is 0 Å². The van der Waals surface area contributed by atoms with Crippen LogP contribution in [0.4, 0.5) is 0 Å². The van der Waals surface area contributed by atoms with Gasteiger partial charge in [0.05, 0.1) is 6.54 Å². The number of aliphatic hydroxyl groups is 1. The van der Waals surface area contributed by atoms with Gasteiger partial charge in [0.1, 0.15) is 0 Å². The molecule has 0 saturated heterocycles. The van der Waals surface area contributed by atoms with Gasteiger partial charge in [-0.1, -0.05) is 30.3 Å². The van der Waals surface area contributed by atoms with Crippen LogP contribution in [0.1, 0.15) is 30.1 Å². The van der Waals surface area contributed by atoms with Crippen LogP contribution in [-0.2, 0) is 9.59 Å². The van der Waals surface area contributed by atoms with Gasteiger partial charge in [-0.25, -0.2) is 4.79 Å². The molecule has 1 rings (SSSR count). The summed E-state index contributed by atoms with van der Waals surface area (Å²) in [6, 6.07) is 8.58. The lowest BCUT2D eigenvalue weighted by Crippen LogP contribution is -2.46. The van der Waals surface area contributed by atoms with E-state index in [0.29, 0.717) is 5.56 Å². The zero-order chi connectivity index (χ0) is 15.2. The van der Waals surface area contributed by atoms with Crippen molar-refractivity contribution in [3.8, 4) is 0 Å².